The molecule has 2 rings (SSSR count). The number of rotatable bonds is 5. The molecule has 0 unspecified atom stereocenters. The van der Waals surface area contributed by atoms with Gasteiger partial charge in [-0.25, -0.2) is 9.97 Å². The van der Waals surface area contributed by atoms with Crippen molar-refractivity contribution >= 4 is 34.3 Å². The zero-order valence-electron chi connectivity index (χ0n) is 9.81. The van der Waals surface area contributed by atoms with Crippen molar-refractivity contribution in [2.24, 2.45) is 0 Å². The van der Waals surface area contributed by atoms with Crippen LogP contribution in [-0.4, -0.2) is 21.9 Å². The molecule has 0 atom stereocenters. The van der Waals surface area contributed by atoms with E-state index in [9.17, 15) is 0 Å². The average molecular weight is 288 g/mol. The second-order valence-electron chi connectivity index (χ2n) is 3.90. The van der Waals surface area contributed by atoms with Crippen LogP contribution in [0.25, 0.3) is 0 Å². The first-order chi connectivity index (χ1) is 8.19. The van der Waals surface area contributed by atoms with E-state index in [-0.39, 0.29) is 0 Å². The normalized spacial score (nSPS) is 11.3. The lowest BCUT2D eigenvalue weighted by Crippen LogP contribution is -2.17. The number of aromatic nitrogens is 2. The number of nitrogens with zero attached hydrogens (tertiary/aromatic N) is 3. The Morgan fingerprint density at radius 1 is 1.35 bits per heavy atom. The van der Waals surface area contributed by atoms with Gasteiger partial charge in [0.25, 0.3) is 0 Å². The topological polar surface area (TPSA) is 29.0 Å². The number of alkyl halides is 1. The predicted octanol–water partition coefficient (Wildman–Crippen LogP) is 3.28. The lowest BCUT2D eigenvalue weighted by molar-refractivity contribution is 0.320. The molecule has 0 N–H and O–H groups in total. The highest BCUT2D eigenvalue weighted by Gasteiger charge is 2.08. The summed E-state index contributed by atoms with van der Waals surface area (Å²) in [7, 11) is 2.10. The molecule has 0 spiro atoms. The summed E-state index contributed by atoms with van der Waals surface area (Å²) in [5.74, 6) is 0.494. The molecule has 17 heavy (non-hydrogen) atoms. The van der Waals surface area contributed by atoms with Crippen LogP contribution in [0.3, 0.4) is 0 Å². The van der Waals surface area contributed by atoms with Gasteiger partial charge in [-0.2, -0.15) is 0 Å². The van der Waals surface area contributed by atoms with E-state index in [1.54, 1.807) is 22.7 Å². The zero-order valence-corrected chi connectivity index (χ0v) is 12.2. The molecule has 2 heterocycles. The summed E-state index contributed by atoms with van der Waals surface area (Å²) in [6.45, 7) is 3.83. The molecule has 0 saturated carbocycles. The molecule has 0 saturated heterocycles. The van der Waals surface area contributed by atoms with Gasteiger partial charge in [-0.05, 0) is 14.0 Å². The Balaban J connectivity index is 1.93. The van der Waals surface area contributed by atoms with Gasteiger partial charge in [0.15, 0.2) is 0 Å². The summed E-state index contributed by atoms with van der Waals surface area (Å²) in [5.41, 5.74) is 3.99. The van der Waals surface area contributed by atoms with Crippen LogP contribution in [-0.2, 0) is 19.0 Å². The molecule has 0 fully saturated rings. The van der Waals surface area contributed by atoms with E-state index < -0.39 is 0 Å². The van der Waals surface area contributed by atoms with Gasteiger partial charge in [0, 0.05) is 16.8 Å². The van der Waals surface area contributed by atoms with Crippen LogP contribution in [0.5, 0.6) is 0 Å². The first kappa shape index (κ1) is 13.0. The van der Waals surface area contributed by atoms with Crippen molar-refractivity contribution in [3.05, 3.63) is 32.2 Å². The number of hydrogen-bond donors (Lipinski definition) is 0. The van der Waals surface area contributed by atoms with E-state index in [0.717, 1.165) is 29.5 Å². The third-order valence-electron chi connectivity index (χ3n) is 2.40. The monoisotopic (exact) mass is 287 g/mol. The molecule has 0 aromatic carbocycles. The summed E-state index contributed by atoms with van der Waals surface area (Å²) in [5, 5.41) is 3.14. The van der Waals surface area contributed by atoms with Gasteiger partial charge in [-0.15, -0.1) is 34.3 Å². The Bertz CT molecular complexity index is 481. The van der Waals surface area contributed by atoms with E-state index in [2.05, 4.69) is 28.8 Å². The van der Waals surface area contributed by atoms with Crippen molar-refractivity contribution < 1.29 is 0 Å². The maximum atomic E-state index is 5.74. The Labute approximate surface area is 114 Å². The molecule has 0 radical (unpaired) electrons. The molecule has 2 aromatic rings. The summed E-state index contributed by atoms with van der Waals surface area (Å²) >= 11 is 9.11. The van der Waals surface area contributed by atoms with E-state index >= 15 is 0 Å². The van der Waals surface area contributed by atoms with Crippen LogP contribution < -0.4 is 0 Å². The van der Waals surface area contributed by atoms with Crippen LogP contribution in [0.15, 0.2) is 10.9 Å². The van der Waals surface area contributed by atoms with E-state index in [4.69, 9.17) is 11.6 Å². The van der Waals surface area contributed by atoms with Crippen LogP contribution in [0, 0.1) is 6.92 Å². The average Bonchev–Trinajstić information content (AvgIpc) is 2.89. The summed E-state index contributed by atoms with van der Waals surface area (Å²) in [4.78, 5) is 12.3. The Morgan fingerprint density at radius 2 is 2.18 bits per heavy atom. The van der Waals surface area contributed by atoms with Gasteiger partial charge < -0.3 is 0 Å². The summed E-state index contributed by atoms with van der Waals surface area (Å²) < 4.78 is 0. The number of thiazole rings is 2. The minimum atomic E-state index is 0.494. The molecule has 92 valence electrons. The minimum absolute atomic E-state index is 0.494. The highest BCUT2D eigenvalue weighted by molar-refractivity contribution is 7.10. The molecule has 0 aliphatic heterocycles. The van der Waals surface area contributed by atoms with Crippen molar-refractivity contribution in [2.75, 3.05) is 7.05 Å². The quantitative estimate of drug-likeness (QED) is 0.790. The molecule has 6 heteroatoms. The smallest absolute Gasteiger partial charge is 0.107 e. The van der Waals surface area contributed by atoms with Gasteiger partial charge in [0.1, 0.15) is 5.01 Å². The number of halogens is 1. The maximum Gasteiger partial charge on any atom is 0.107 e. The highest BCUT2D eigenvalue weighted by atomic mass is 35.5. The second kappa shape index (κ2) is 5.91. The van der Waals surface area contributed by atoms with Crippen molar-refractivity contribution in [2.45, 2.75) is 25.9 Å². The van der Waals surface area contributed by atoms with Crippen molar-refractivity contribution in [3.63, 3.8) is 0 Å². The number of hydrogen-bond acceptors (Lipinski definition) is 5. The standard InChI is InChI=1S/C11H14ClN3S2/c1-8-10(17-7-13-8)4-15(2)5-11-14-9(3-12)6-16-11/h6-7H,3-5H2,1-2H3. The fourth-order valence-corrected chi connectivity index (χ4v) is 3.45. The minimum Gasteiger partial charge on any atom is -0.295 e. The maximum absolute atomic E-state index is 5.74. The summed E-state index contributed by atoms with van der Waals surface area (Å²) in [6, 6.07) is 0. The number of aryl methyl sites for hydroxylation is 1. The third-order valence-corrected chi connectivity index (χ3v) is 4.48. The largest absolute Gasteiger partial charge is 0.295 e. The second-order valence-corrected chi connectivity index (χ2v) is 6.05. The van der Waals surface area contributed by atoms with E-state index in [1.165, 1.54) is 4.88 Å². The molecule has 3 nitrogen and oxygen atoms in total. The Morgan fingerprint density at radius 3 is 2.76 bits per heavy atom. The van der Waals surface area contributed by atoms with Gasteiger partial charge in [0.2, 0.25) is 0 Å². The van der Waals surface area contributed by atoms with Crippen molar-refractivity contribution in [3.8, 4) is 0 Å². The Kier molecular flexibility index (Phi) is 4.50. The molecular formula is C11H14ClN3S2. The van der Waals surface area contributed by atoms with Crippen LogP contribution in [0.2, 0.25) is 0 Å². The van der Waals surface area contributed by atoms with Gasteiger partial charge in [-0.1, -0.05) is 0 Å². The van der Waals surface area contributed by atoms with Gasteiger partial charge in [-0.3, -0.25) is 4.90 Å². The van der Waals surface area contributed by atoms with E-state index in [1.807, 2.05) is 10.9 Å². The van der Waals surface area contributed by atoms with Crippen LogP contribution >= 0.6 is 34.3 Å². The first-order valence-corrected chi connectivity index (χ1v) is 7.55. The first-order valence-electron chi connectivity index (χ1n) is 5.25. The molecule has 0 bridgehead atoms. The fraction of sp³-hybridized carbons (Fsp3) is 0.455. The van der Waals surface area contributed by atoms with E-state index in [0.29, 0.717) is 5.88 Å². The molecule has 0 amide bonds. The summed E-state index contributed by atoms with van der Waals surface area (Å²) in [6.07, 6.45) is 0. The molecular weight excluding hydrogens is 274 g/mol. The molecule has 0 aliphatic carbocycles. The Hall–Kier alpha value is -0.490. The van der Waals surface area contributed by atoms with Crippen molar-refractivity contribution in [1.82, 2.24) is 14.9 Å². The van der Waals surface area contributed by atoms with Crippen molar-refractivity contribution in [1.29, 1.82) is 0 Å². The third kappa shape index (κ3) is 3.48. The lowest BCUT2D eigenvalue weighted by atomic mass is 10.3. The molecule has 0 aliphatic rings. The van der Waals surface area contributed by atoms with Gasteiger partial charge >= 0.3 is 0 Å². The van der Waals surface area contributed by atoms with Crippen LogP contribution in [0.1, 0.15) is 21.3 Å². The highest BCUT2D eigenvalue weighted by Crippen LogP contribution is 2.17. The SMILES string of the molecule is Cc1ncsc1CN(C)Cc1nc(CCl)cs1. The van der Waals surface area contributed by atoms with Crippen LogP contribution in [0.4, 0.5) is 0 Å². The molecule has 2 aromatic heterocycles. The predicted molar refractivity (Wildman–Crippen MR) is 73.7 cm³/mol. The van der Waals surface area contributed by atoms with Gasteiger partial charge in [0.05, 0.1) is 29.3 Å². The zero-order chi connectivity index (χ0) is 12.3. The fourth-order valence-electron chi connectivity index (χ4n) is 1.49. The lowest BCUT2D eigenvalue weighted by Gasteiger charge is -2.13.